The van der Waals surface area contributed by atoms with Crippen molar-refractivity contribution in [3.05, 3.63) is 76.2 Å². The average Bonchev–Trinajstić information content (AvgIpc) is 3.06. The molecule has 0 bridgehead atoms. The Kier molecular flexibility index (Phi) is 5.71. The summed E-state index contributed by atoms with van der Waals surface area (Å²) in [6, 6.07) is 11.3. The normalized spacial score (nSPS) is 11.7. The molecular formula is C23H23FN4O4S. The number of ether oxygens (including phenoxy) is 1. The Bertz CT molecular complexity index is 1520. The van der Waals surface area contributed by atoms with Crippen LogP contribution >= 0.6 is 0 Å². The first-order valence-corrected chi connectivity index (χ1v) is 11.9. The lowest BCUT2D eigenvalue weighted by atomic mass is 10.1. The number of aryl methyl sites for hydroxylation is 2. The number of benzene rings is 2. The molecule has 0 atom stereocenters. The van der Waals surface area contributed by atoms with Gasteiger partial charge in [-0.1, -0.05) is 12.1 Å². The number of hydrogen-bond acceptors (Lipinski definition) is 5. The molecule has 0 aliphatic carbocycles. The number of sulfonamides is 1. The van der Waals surface area contributed by atoms with E-state index in [1.54, 1.807) is 37.5 Å². The van der Waals surface area contributed by atoms with Crippen LogP contribution in [0.1, 0.15) is 11.4 Å². The third kappa shape index (κ3) is 4.61. The van der Waals surface area contributed by atoms with Crippen LogP contribution in [0.3, 0.4) is 0 Å². The number of hydrogen-bond donors (Lipinski definition) is 1. The highest BCUT2D eigenvalue weighted by molar-refractivity contribution is 7.92. The Labute approximate surface area is 190 Å². The summed E-state index contributed by atoms with van der Waals surface area (Å²) in [7, 11) is -0.549. The first-order chi connectivity index (χ1) is 15.6. The van der Waals surface area contributed by atoms with Crippen LogP contribution in [0, 0.1) is 12.7 Å². The lowest BCUT2D eigenvalue weighted by molar-refractivity contribution is 0.405. The van der Waals surface area contributed by atoms with E-state index in [0.717, 1.165) is 11.8 Å². The van der Waals surface area contributed by atoms with E-state index in [0.29, 0.717) is 40.2 Å². The van der Waals surface area contributed by atoms with Crippen molar-refractivity contribution in [2.45, 2.75) is 13.5 Å². The van der Waals surface area contributed by atoms with Crippen molar-refractivity contribution in [1.82, 2.24) is 14.1 Å². The van der Waals surface area contributed by atoms with E-state index in [2.05, 4.69) is 9.71 Å². The molecule has 0 amide bonds. The van der Waals surface area contributed by atoms with Gasteiger partial charge in [-0.15, -0.1) is 0 Å². The second-order valence-electron chi connectivity index (χ2n) is 7.85. The van der Waals surface area contributed by atoms with Crippen LogP contribution in [0.25, 0.3) is 22.2 Å². The van der Waals surface area contributed by atoms with Crippen molar-refractivity contribution in [1.29, 1.82) is 0 Å². The van der Waals surface area contributed by atoms with Crippen LogP contribution in [-0.2, 0) is 23.6 Å². The van der Waals surface area contributed by atoms with Gasteiger partial charge < -0.3 is 13.9 Å². The van der Waals surface area contributed by atoms with Crippen molar-refractivity contribution in [2.24, 2.45) is 7.05 Å². The summed E-state index contributed by atoms with van der Waals surface area (Å²) in [5, 5.41) is 0. The number of nitrogens with zero attached hydrogens (tertiary/aromatic N) is 3. The molecule has 33 heavy (non-hydrogen) atoms. The number of nitrogens with one attached hydrogen (secondary N) is 1. The Hall–Kier alpha value is -3.66. The zero-order valence-corrected chi connectivity index (χ0v) is 19.4. The number of anilines is 1. The number of rotatable bonds is 6. The number of methoxy groups -OCH3 is 1. The summed E-state index contributed by atoms with van der Waals surface area (Å²) < 4.78 is 48.6. The number of aromatic nitrogens is 3. The van der Waals surface area contributed by atoms with Crippen LogP contribution in [0.4, 0.5) is 10.1 Å². The molecule has 1 N–H and O–H groups in total. The number of imidazole rings is 1. The molecule has 0 aliphatic heterocycles. The fraction of sp³-hybridized carbons (Fsp3) is 0.217. The highest BCUT2D eigenvalue weighted by Crippen LogP contribution is 2.33. The monoisotopic (exact) mass is 470 g/mol. The fourth-order valence-electron chi connectivity index (χ4n) is 3.74. The third-order valence-electron chi connectivity index (χ3n) is 5.30. The van der Waals surface area contributed by atoms with Gasteiger partial charge in [0, 0.05) is 25.4 Å². The highest BCUT2D eigenvalue weighted by atomic mass is 32.2. The zero-order valence-electron chi connectivity index (χ0n) is 18.6. The van der Waals surface area contributed by atoms with E-state index in [1.165, 1.54) is 23.8 Å². The summed E-state index contributed by atoms with van der Waals surface area (Å²) in [5.74, 6) is 0.515. The molecule has 0 saturated heterocycles. The fourth-order valence-corrected chi connectivity index (χ4v) is 4.30. The Morgan fingerprint density at radius 3 is 2.45 bits per heavy atom. The standard InChI is InChI=1S/C23H23FN4O4S/c1-14-25-22-19(26-33(4,30)31)9-16(17-11-21(32-3)23(29)27(2)13-17)10-20(22)28(14)12-15-5-7-18(24)8-6-15/h5-11,13,26H,12H2,1-4H3. The van der Waals surface area contributed by atoms with Crippen LogP contribution in [-0.4, -0.2) is 35.9 Å². The van der Waals surface area contributed by atoms with Crippen LogP contribution in [0.2, 0.25) is 0 Å². The second-order valence-corrected chi connectivity index (χ2v) is 9.60. The molecular weight excluding hydrogens is 447 g/mol. The second kappa shape index (κ2) is 8.36. The van der Waals surface area contributed by atoms with Crippen molar-refractivity contribution in [2.75, 3.05) is 18.1 Å². The summed E-state index contributed by atoms with van der Waals surface area (Å²) in [6.07, 6.45) is 2.73. The van der Waals surface area contributed by atoms with Gasteiger partial charge in [0.05, 0.1) is 24.6 Å². The molecule has 0 saturated carbocycles. The first kappa shape index (κ1) is 22.5. The Morgan fingerprint density at radius 2 is 1.82 bits per heavy atom. The van der Waals surface area contributed by atoms with Gasteiger partial charge in [0.15, 0.2) is 5.75 Å². The molecule has 0 fully saturated rings. The van der Waals surface area contributed by atoms with Gasteiger partial charge in [-0.3, -0.25) is 9.52 Å². The lowest BCUT2D eigenvalue weighted by Crippen LogP contribution is -2.17. The lowest BCUT2D eigenvalue weighted by Gasteiger charge is -2.13. The molecule has 4 aromatic rings. The number of halogens is 1. The van der Waals surface area contributed by atoms with E-state index in [9.17, 15) is 17.6 Å². The maximum absolute atomic E-state index is 13.4. The van der Waals surface area contributed by atoms with Crippen LogP contribution in [0.5, 0.6) is 5.75 Å². The Morgan fingerprint density at radius 1 is 1.12 bits per heavy atom. The van der Waals surface area contributed by atoms with Crippen molar-refractivity contribution in [3.8, 4) is 16.9 Å². The minimum atomic E-state index is -3.58. The van der Waals surface area contributed by atoms with Gasteiger partial charge in [0.25, 0.3) is 5.56 Å². The van der Waals surface area contributed by atoms with Crippen molar-refractivity contribution >= 4 is 26.7 Å². The largest absolute Gasteiger partial charge is 0.491 e. The SMILES string of the molecule is COc1cc(-c2cc(NS(C)(=O)=O)c3nc(C)n(Cc4ccc(F)cc4)c3c2)cn(C)c1=O. The maximum atomic E-state index is 13.4. The van der Waals surface area contributed by atoms with Gasteiger partial charge in [-0.05, 0) is 48.4 Å². The van der Waals surface area contributed by atoms with Crippen molar-refractivity contribution in [3.63, 3.8) is 0 Å². The zero-order chi connectivity index (χ0) is 23.9. The molecule has 2 aromatic heterocycles. The molecule has 8 nitrogen and oxygen atoms in total. The topological polar surface area (TPSA) is 95.2 Å². The van der Waals surface area contributed by atoms with E-state index in [4.69, 9.17) is 4.74 Å². The van der Waals surface area contributed by atoms with Gasteiger partial charge in [-0.2, -0.15) is 0 Å². The minimum absolute atomic E-state index is 0.170. The van der Waals surface area contributed by atoms with E-state index < -0.39 is 10.0 Å². The molecule has 0 unspecified atom stereocenters. The molecule has 0 aliphatic rings. The molecule has 2 aromatic carbocycles. The smallest absolute Gasteiger partial charge is 0.292 e. The maximum Gasteiger partial charge on any atom is 0.292 e. The van der Waals surface area contributed by atoms with E-state index in [-0.39, 0.29) is 17.1 Å². The Balaban J connectivity index is 1.96. The number of pyridine rings is 1. The average molecular weight is 471 g/mol. The first-order valence-electron chi connectivity index (χ1n) is 10.0. The predicted octanol–water partition coefficient (Wildman–Crippen LogP) is 3.28. The molecule has 2 heterocycles. The quantitative estimate of drug-likeness (QED) is 0.467. The molecule has 172 valence electrons. The highest BCUT2D eigenvalue weighted by Gasteiger charge is 2.17. The third-order valence-corrected chi connectivity index (χ3v) is 5.89. The van der Waals surface area contributed by atoms with Crippen LogP contribution in [0.15, 0.2) is 53.5 Å². The van der Waals surface area contributed by atoms with Gasteiger partial charge >= 0.3 is 0 Å². The summed E-state index contributed by atoms with van der Waals surface area (Å²) >= 11 is 0. The molecule has 0 spiro atoms. The van der Waals surface area contributed by atoms with E-state index >= 15 is 0 Å². The summed E-state index contributed by atoms with van der Waals surface area (Å²) in [6.45, 7) is 2.24. The van der Waals surface area contributed by atoms with Gasteiger partial charge in [-0.25, -0.2) is 17.8 Å². The number of fused-ring (bicyclic) bond motifs is 1. The van der Waals surface area contributed by atoms with Gasteiger partial charge in [0.2, 0.25) is 10.0 Å². The summed E-state index contributed by atoms with van der Waals surface area (Å²) in [5.41, 5.74) is 3.41. The predicted molar refractivity (Wildman–Crippen MR) is 126 cm³/mol. The van der Waals surface area contributed by atoms with Crippen molar-refractivity contribution < 1.29 is 17.5 Å². The molecule has 0 radical (unpaired) electrons. The van der Waals surface area contributed by atoms with Gasteiger partial charge in [0.1, 0.15) is 17.2 Å². The van der Waals surface area contributed by atoms with Crippen LogP contribution < -0.4 is 15.0 Å². The summed E-state index contributed by atoms with van der Waals surface area (Å²) in [4.78, 5) is 16.8. The minimum Gasteiger partial charge on any atom is -0.491 e. The molecule has 4 rings (SSSR count). The molecule has 10 heteroatoms. The van der Waals surface area contributed by atoms with E-state index in [1.807, 2.05) is 17.6 Å².